The van der Waals surface area contributed by atoms with Crippen molar-refractivity contribution in [3.05, 3.63) is 89.6 Å². The molecule has 0 unspecified atom stereocenters. The maximum absolute atomic E-state index is 15.1. The van der Waals surface area contributed by atoms with Crippen LogP contribution in [-0.2, 0) is 6.42 Å². The van der Waals surface area contributed by atoms with E-state index >= 15 is 4.39 Å². The zero-order chi connectivity index (χ0) is 27.5. The van der Waals surface area contributed by atoms with Crippen LogP contribution in [0.5, 0.6) is 23.1 Å². The van der Waals surface area contributed by atoms with Crippen LogP contribution in [0.1, 0.15) is 28.7 Å². The van der Waals surface area contributed by atoms with Gasteiger partial charge in [-0.2, -0.15) is 9.61 Å². The number of benzene rings is 2. The van der Waals surface area contributed by atoms with Gasteiger partial charge in [0.1, 0.15) is 17.2 Å². The molecule has 10 heteroatoms. The second kappa shape index (κ2) is 10.8. The Morgan fingerprint density at radius 2 is 1.77 bits per heavy atom. The number of rotatable bonds is 8. The number of methoxy groups -OCH3 is 2. The Bertz CT molecular complexity index is 1660. The van der Waals surface area contributed by atoms with Gasteiger partial charge in [0.05, 0.1) is 26.1 Å². The largest absolute Gasteiger partial charge is 0.497 e. The van der Waals surface area contributed by atoms with Crippen molar-refractivity contribution < 1.29 is 23.4 Å². The van der Waals surface area contributed by atoms with E-state index in [1.54, 1.807) is 68.9 Å². The van der Waals surface area contributed by atoms with Crippen molar-refractivity contribution in [2.24, 2.45) is 0 Å². The third-order valence-electron chi connectivity index (χ3n) is 6.17. The van der Waals surface area contributed by atoms with Crippen molar-refractivity contribution in [3.63, 3.8) is 0 Å². The lowest BCUT2D eigenvalue weighted by Gasteiger charge is -2.14. The van der Waals surface area contributed by atoms with E-state index < -0.39 is 11.7 Å². The fourth-order valence-electron chi connectivity index (χ4n) is 4.21. The summed E-state index contributed by atoms with van der Waals surface area (Å²) in [4.78, 5) is 22.0. The van der Waals surface area contributed by atoms with Gasteiger partial charge in [-0.15, -0.1) is 0 Å². The molecule has 9 nitrogen and oxygen atoms in total. The molecule has 0 saturated heterocycles. The van der Waals surface area contributed by atoms with Crippen LogP contribution in [-0.4, -0.2) is 39.7 Å². The van der Waals surface area contributed by atoms with Gasteiger partial charge in [0.15, 0.2) is 17.2 Å². The first kappa shape index (κ1) is 25.7. The lowest BCUT2D eigenvalue weighted by Crippen LogP contribution is -2.14. The van der Waals surface area contributed by atoms with E-state index in [2.05, 4.69) is 20.4 Å². The molecule has 0 atom stereocenters. The number of nitrogens with one attached hydrogen (secondary N) is 1. The first-order valence-electron chi connectivity index (χ1n) is 12.2. The van der Waals surface area contributed by atoms with Crippen LogP contribution in [0.4, 0.5) is 10.1 Å². The molecular formula is C29H26FN5O4. The standard InChI is InChI=1S/C29H26FN5O4/c1-5-22-17(2)32-27-11-12-31-35(27)29(22)39-26-10-9-19(15-23(26)30)33-28(36)25-8-6-7-24(34-25)18-13-20(37-3)16-21(14-18)38-4/h6-16H,5H2,1-4H3,(H,33,36). The van der Waals surface area contributed by atoms with Crippen molar-refractivity contribution in [1.82, 2.24) is 19.6 Å². The zero-order valence-corrected chi connectivity index (χ0v) is 21.9. The number of nitrogens with zero attached hydrogens (tertiary/aromatic N) is 4. The lowest BCUT2D eigenvalue weighted by atomic mass is 10.1. The SMILES string of the molecule is CCc1c(C)nc2ccnn2c1Oc1ccc(NC(=O)c2cccc(-c3cc(OC)cc(OC)c3)n2)cc1F. The minimum absolute atomic E-state index is 0.00260. The van der Waals surface area contributed by atoms with Crippen LogP contribution >= 0.6 is 0 Å². The molecule has 0 aliphatic heterocycles. The molecule has 0 saturated carbocycles. The van der Waals surface area contributed by atoms with E-state index in [1.165, 1.54) is 16.6 Å². The molecule has 39 heavy (non-hydrogen) atoms. The molecule has 0 radical (unpaired) electrons. The average molecular weight is 528 g/mol. The highest BCUT2D eigenvalue weighted by molar-refractivity contribution is 6.03. The molecule has 3 aromatic heterocycles. The van der Waals surface area contributed by atoms with Crippen LogP contribution in [0.2, 0.25) is 0 Å². The molecule has 2 aromatic carbocycles. The summed E-state index contributed by atoms with van der Waals surface area (Å²) in [6.07, 6.45) is 2.24. The first-order valence-corrected chi connectivity index (χ1v) is 12.2. The Hall–Kier alpha value is -4.99. The third-order valence-corrected chi connectivity index (χ3v) is 6.17. The molecule has 0 spiro atoms. The van der Waals surface area contributed by atoms with Crippen molar-refractivity contribution in [1.29, 1.82) is 0 Å². The maximum atomic E-state index is 15.1. The van der Waals surface area contributed by atoms with E-state index in [9.17, 15) is 4.79 Å². The molecule has 3 heterocycles. The van der Waals surface area contributed by atoms with Gasteiger partial charge in [0, 0.05) is 40.7 Å². The van der Waals surface area contributed by atoms with Gasteiger partial charge in [-0.25, -0.2) is 14.4 Å². The number of amides is 1. The number of aryl methyl sites for hydroxylation is 1. The van der Waals surface area contributed by atoms with Crippen LogP contribution < -0.4 is 19.5 Å². The van der Waals surface area contributed by atoms with Gasteiger partial charge in [-0.1, -0.05) is 13.0 Å². The monoisotopic (exact) mass is 527 g/mol. The number of hydrogen-bond acceptors (Lipinski definition) is 7. The number of aromatic nitrogens is 4. The molecule has 0 bridgehead atoms. The zero-order valence-electron chi connectivity index (χ0n) is 21.9. The van der Waals surface area contributed by atoms with Crippen LogP contribution in [0, 0.1) is 12.7 Å². The Balaban J connectivity index is 1.37. The molecule has 0 fully saturated rings. The van der Waals surface area contributed by atoms with Crippen LogP contribution in [0.3, 0.4) is 0 Å². The lowest BCUT2D eigenvalue weighted by molar-refractivity contribution is 0.102. The number of hydrogen-bond donors (Lipinski definition) is 1. The second-order valence-corrected chi connectivity index (χ2v) is 8.65. The van der Waals surface area contributed by atoms with Crippen LogP contribution in [0.15, 0.2) is 66.9 Å². The summed E-state index contributed by atoms with van der Waals surface area (Å²) < 4.78 is 33.3. The fraction of sp³-hybridized carbons (Fsp3) is 0.172. The van der Waals surface area contributed by atoms with Crippen LogP contribution in [0.25, 0.3) is 16.9 Å². The Morgan fingerprint density at radius 1 is 1.00 bits per heavy atom. The number of carbonyl (C=O) groups excluding carboxylic acids is 1. The van der Waals surface area contributed by atoms with E-state index in [0.717, 1.165) is 16.8 Å². The average Bonchev–Trinajstić information content (AvgIpc) is 3.42. The smallest absolute Gasteiger partial charge is 0.274 e. The number of ether oxygens (including phenoxy) is 3. The quantitative estimate of drug-likeness (QED) is 0.270. The summed E-state index contributed by atoms with van der Waals surface area (Å²) in [6, 6.07) is 16.4. The Labute approximate surface area is 224 Å². The van der Waals surface area contributed by atoms with E-state index in [4.69, 9.17) is 14.2 Å². The van der Waals surface area contributed by atoms with Gasteiger partial charge >= 0.3 is 0 Å². The van der Waals surface area contributed by atoms with Gasteiger partial charge in [0.25, 0.3) is 5.91 Å². The number of halogens is 1. The van der Waals surface area contributed by atoms with Gasteiger partial charge in [-0.05, 0) is 49.7 Å². The van der Waals surface area contributed by atoms with Gasteiger partial charge in [-0.3, -0.25) is 4.79 Å². The molecule has 5 rings (SSSR count). The normalized spacial score (nSPS) is 10.9. The van der Waals surface area contributed by atoms with Gasteiger partial charge in [0.2, 0.25) is 5.88 Å². The van der Waals surface area contributed by atoms with Gasteiger partial charge < -0.3 is 19.5 Å². The van der Waals surface area contributed by atoms with Crippen molar-refractivity contribution in [3.8, 4) is 34.4 Å². The molecule has 0 aliphatic carbocycles. The fourth-order valence-corrected chi connectivity index (χ4v) is 4.21. The summed E-state index contributed by atoms with van der Waals surface area (Å²) in [5, 5.41) is 6.96. The minimum atomic E-state index is -0.644. The predicted octanol–water partition coefficient (Wildman–Crippen LogP) is 5.86. The topological polar surface area (TPSA) is 99.9 Å². The number of fused-ring (bicyclic) bond motifs is 1. The van der Waals surface area contributed by atoms with E-state index in [-0.39, 0.29) is 17.1 Å². The Kier molecular flexibility index (Phi) is 7.09. The molecule has 5 aromatic rings. The minimum Gasteiger partial charge on any atom is -0.497 e. The third kappa shape index (κ3) is 5.22. The first-order chi connectivity index (χ1) is 18.9. The molecule has 198 valence electrons. The molecule has 0 aliphatic rings. The summed E-state index contributed by atoms with van der Waals surface area (Å²) in [5.41, 5.74) is 3.90. The maximum Gasteiger partial charge on any atom is 0.274 e. The highest BCUT2D eigenvalue weighted by Gasteiger charge is 2.17. The predicted molar refractivity (Wildman–Crippen MR) is 144 cm³/mol. The number of pyridine rings is 1. The van der Waals surface area contributed by atoms with Crippen molar-refractivity contribution >= 4 is 17.2 Å². The van der Waals surface area contributed by atoms with E-state index in [1.807, 2.05) is 13.8 Å². The molecular weight excluding hydrogens is 501 g/mol. The second-order valence-electron chi connectivity index (χ2n) is 8.65. The molecule has 1 N–H and O–H groups in total. The highest BCUT2D eigenvalue weighted by Crippen LogP contribution is 2.32. The summed E-state index contributed by atoms with van der Waals surface area (Å²) in [5.74, 6) is 0.457. The summed E-state index contributed by atoms with van der Waals surface area (Å²) in [6.45, 7) is 3.84. The van der Waals surface area contributed by atoms with Crippen molar-refractivity contribution in [2.75, 3.05) is 19.5 Å². The van der Waals surface area contributed by atoms with E-state index in [0.29, 0.717) is 35.1 Å². The Morgan fingerprint density at radius 3 is 2.46 bits per heavy atom. The van der Waals surface area contributed by atoms with Crippen molar-refractivity contribution in [2.45, 2.75) is 20.3 Å². The molecule has 1 amide bonds. The summed E-state index contributed by atoms with van der Waals surface area (Å²) >= 11 is 0. The number of carbonyl (C=O) groups is 1. The highest BCUT2D eigenvalue weighted by atomic mass is 19.1. The number of anilines is 1. The summed E-state index contributed by atoms with van der Waals surface area (Å²) in [7, 11) is 3.12.